The number of ether oxygens (including phenoxy) is 1. The lowest BCUT2D eigenvalue weighted by Crippen LogP contribution is -2.15. The molecule has 1 rings (SSSR count). The number of hydrogen-bond donors (Lipinski definition) is 1. The number of carbonyl (C=O) groups is 1. The van der Waals surface area contributed by atoms with Crippen molar-refractivity contribution in [3.63, 3.8) is 0 Å². The van der Waals surface area contributed by atoms with Crippen LogP contribution in [0, 0.1) is 0 Å². The summed E-state index contributed by atoms with van der Waals surface area (Å²) in [6.07, 6.45) is 1.89. The molecule has 1 aromatic carbocycles. The molecule has 0 bridgehead atoms. The minimum absolute atomic E-state index is 0.0804. The summed E-state index contributed by atoms with van der Waals surface area (Å²) >= 11 is 0. The molecule has 0 radical (unpaired) electrons. The number of hydrogen-bond acceptors (Lipinski definition) is 3. The van der Waals surface area contributed by atoms with Crippen molar-refractivity contribution in [2.24, 2.45) is 0 Å². The van der Waals surface area contributed by atoms with E-state index in [9.17, 15) is 9.90 Å². The van der Waals surface area contributed by atoms with E-state index in [1.807, 2.05) is 26.0 Å². The molecule has 3 heteroatoms. The summed E-state index contributed by atoms with van der Waals surface area (Å²) in [6, 6.07) is 4.07. The first-order valence-electron chi connectivity index (χ1n) is 8.62. The van der Waals surface area contributed by atoms with Gasteiger partial charge in [-0.25, -0.2) is 0 Å². The van der Waals surface area contributed by atoms with Gasteiger partial charge in [-0.2, -0.15) is 0 Å². The zero-order chi connectivity index (χ0) is 17.8. The third kappa shape index (κ3) is 5.56. The van der Waals surface area contributed by atoms with Crippen LogP contribution in [0.1, 0.15) is 83.9 Å². The lowest BCUT2D eigenvalue weighted by molar-refractivity contribution is -0.147. The number of phenols is 1. The van der Waals surface area contributed by atoms with Crippen molar-refractivity contribution in [1.29, 1.82) is 0 Å². The van der Waals surface area contributed by atoms with E-state index >= 15 is 0 Å². The van der Waals surface area contributed by atoms with Crippen molar-refractivity contribution in [2.75, 3.05) is 0 Å². The topological polar surface area (TPSA) is 46.5 Å². The molecule has 0 aliphatic rings. The number of carbonyl (C=O) groups excluding carboxylic acids is 1. The molecule has 0 aliphatic heterocycles. The number of rotatable bonds is 6. The lowest BCUT2D eigenvalue weighted by Gasteiger charge is -2.25. The normalized spacial score (nSPS) is 13.2. The van der Waals surface area contributed by atoms with Gasteiger partial charge in [-0.3, -0.25) is 4.79 Å². The fourth-order valence-corrected chi connectivity index (χ4v) is 2.60. The van der Waals surface area contributed by atoms with Crippen LogP contribution in [-0.4, -0.2) is 17.2 Å². The van der Waals surface area contributed by atoms with Gasteiger partial charge in [-0.1, -0.05) is 46.8 Å². The predicted molar refractivity (Wildman–Crippen MR) is 95.1 cm³/mol. The predicted octanol–water partition coefficient (Wildman–Crippen LogP) is 5.09. The first-order chi connectivity index (χ1) is 10.6. The molecule has 23 heavy (non-hydrogen) atoms. The quantitative estimate of drug-likeness (QED) is 0.743. The first kappa shape index (κ1) is 19.5. The van der Waals surface area contributed by atoms with Crippen molar-refractivity contribution in [1.82, 2.24) is 0 Å². The van der Waals surface area contributed by atoms with Gasteiger partial charge in [-0.05, 0) is 54.7 Å². The van der Waals surface area contributed by atoms with Gasteiger partial charge < -0.3 is 9.84 Å². The Kier molecular flexibility index (Phi) is 6.67. The minimum Gasteiger partial charge on any atom is -0.507 e. The van der Waals surface area contributed by atoms with E-state index in [0.717, 1.165) is 23.1 Å². The van der Waals surface area contributed by atoms with Gasteiger partial charge in [0.2, 0.25) is 0 Å². The second kappa shape index (κ2) is 7.85. The van der Waals surface area contributed by atoms with E-state index in [1.54, 1.807) is 0 Å². The fraction of sp³-hybridized carbons (Fsp3) is 0.650. The van der Waals surface area contributed by atoms with Crippen LogP contribution in [0.3, 0.4) is 0 Å². The Balaban J connectivity index is 3.10. The summed E-state index contributed by atoms with van der Waals surface area (Å²) in [5.74, 6) is 0.523. The molecule has 0 saturated heterocycles. The van der Waals surface area contributed by atoms with E-state index in [1.165, 1.54) is 0 Å². The molecule has 0 amide bonds. The first-order valence-corrected chi connectivity index (χ1v) is 8.62. The Labute approximate surface area is 141 Å². The van der Waals surface area contributed by atoms with Crippen LogP contribution in [0.15, 0.2) is 12.1 Å². The zero-order valence-electron chi connectivity index (χ0n) is 15.7. The van der Waals surface area contributed by atoms with Crippen molar-refractivity contribution in [3.8, 4) is 5.75 Å². The van der Waals surface area contributed by atoms with Gasteiger partial charge in [-0.15, -0.1) is 0 Å². The van der Waals surface area contributed by atoms with E-state index in [0.29, 0.717) is 24.5 Å². The summed E-state index contributed by atoms with van der Waals surface area (Å²) in [4.78, 5) is 11.8. The van der Waals surface area contributed by atoms with Crippen molar-refractivity contribution >= 4 is 5.97 Å². The molecule has 0 spiro atoms. The second-order valence-corrected chi connectivity index (χ2v) is 7.68. The molecule has 0 aromatic heterocycles. The van der Waals surface area contributed by atoms with Crippen LogP contribution in [0.4, 0.5) is 0 Å². The van der Waals surface area contributed by atoms with Crippen LogP contribution in [-0.2, 0) is 21.4 Å². The number of esters is 1. The fourth-order valence-electron chi connectivity index (χ4n) is 2.60. The van der Waals surface area contributed by atoms with E-state index in [2.05, 4.69) is 34.6 Å². The summed E-state index contributed by atoms with van der Waals surface area (Å²) in [5, 5.41) is 10.7. The molecule has 130 valence electrons. The molecule has 0 fully saturated rings. The Bertz CT molecular complexity index is 539. The number of aryl methyl sites for hydroxylation is 1. The molecule has 0 heterocycles. The summed E-state index contributed by atoms with van der Waals surface area (Å²) in [6.45, 7) is 14.2. The van der Waals surface area contributed by atoms with E-state index in [-0.39, 0.29) is 17.5 Å². The Morgan fingerprint density at radius 2 is 1.83 bits per heavy atom. The van der Waals surface area contributed by atoms with Crippen LogP contribution in [0.25, 0.3) is 0 Å². The smallest absolute Gasteiger partial charge is 0.306 e. The monoisotopic (exact) mass is 320 g/mol. The van der Waals surface area contributed by atoms with Gasteiger partial charge >= 0.3 is 5.97 Å². The van der Waals surface area contributed by atoms with Crippen LogP contribution in [0.2, 0.25) is 0 Å². The zero-order valence-corrected chi connectivity index (χ0v) is 15.7. The van der Waals surface area contributed by atoms with E-state index < -0.39 is 0 Å². The molecule has 3 nitrogen and oxygen atoms in total. The van der Waals surface area contributed by atoms with Crippen LogP contribution >= 0.6 is 0 Å². The Morgan fingerprint density at radius 3 is 2.30 bits per heavy atom. The highest BCUT2D eigenvalue weighted by molar-refractivity contribution is 5.70. The average Bonchev–Trinajstić information content (AvgIpc) is 2.43. The summed E-state index contributed by atoms with van der Waals surface area (Å²) in [5.41, 5.74) is 2.87. The Morgan fingerprint density at radius 1 is 1.22 bits per heavy atom. The maximum atomic E-state index is 11.8. The maximum absolute atomic E-state index is 11.8. The highest BCUT2D eigenvalue weighted by Crippen LogP contribution is 2.38. The van der Waals surface area contributed by atoms with E-state index in [4.69, 9.17) is 4.74 Å². The highest BCUT2D eigenvalue weighted by Gasteiger charge is 2.23. The lowest BCUT2D eigenvalue weighted by atomic mass is 9.81. The third-order valence-corrected chi connectivity index (χ3v) is 4.14. The standard InChI is InChI=1S/C20H32O3/c1-8-14(4)16-11-15(9-10-18(21)23-13(2)3)12-17(19(16)22)20(5,6)7/h11-14,22H,8-10H2,1-7H3. The van der Waals surface area contributed by atoms with Crippen molar-refractivity contribution < 1.29 is 14.6 Å². The molecule has 1 N–H and O–H groups in total. The number of benzene rings is 1. The van der Waals surface area contributed by atoms with Gasteiger partial charge in [0.05, 0.1) is 6.10 Å². The summed E-state index contributed by atoms with van der Waals surface area (Å²) < 4.78 is 5.20. The van der Waals surface area contributed by atoms with Gasteiger partial charge in [0.1, 0.15) is 5.75 Å². The number of phenolic OH excluding ortho intramolecular Hbond substituents is 1. The largest absolute Gasteiger partial charge is 0.507 e. The average molecular weight is 320 g/mol. The minimum atomic E-state index is -0.171. The molecule has 1 aromatic rings. The molecular formula is C20H32O3. The summed E-state index contributed by atoms with van der Waals surface area (Å²) in [7, 11) is 0. The van der Waals surface area contributed by atoms with Crippen LogP contribution in [0.5, 0.6) is 5.75 Å². The van der Waals surface area contributed by atoms with Crippen molar-refractivity contribution in [2.45, 2.75) is 85.2 Å². The maximum Gasteiger partial charge on any atom is 0.306 e. The third-order valence-electron chi connectivity index (χ3n) is 4.14. The molecular weight excluding hydrogens is 288 g/mol. The number of aromatic hydroxyl groups is 1. The van der Waals surface area contributed by atoms with Crippen molar-refractivity contribution in [3.05, 3.63) is 28.8 Å². The molecule has 1 unspecified atom stereocenters. The highest BCUT2D eigenvalue weighted by atomic mass is 16.5. The van der Waals surface area contributed by atoms with Gasteiger partial charge in [0, 0.05) is 6.42 Å². The van der Waals surface area contributed by atoms with Gasteiger partial charge in [0.25, 0.3) is 0 Å². The molecule has 0 aliphatic carbocycles. The second-order valence-electron chi connectivity index (χ2n) is 7.68. The molecule has 0 saturated carbocycles. The molecule has 1 atom stereocenters. The SMILES string of the molecule is CCC(C)c1cc(CCC(=O)OC(C)C)cc(C(C)(C)C)c1O. The van der Waals surface area contributed by atoms with Gasteiger partial charge in [0.15, 0.2) is 0 Å². The van der Waals surface area contributed by atoms with Crippen LogP contribution < -0.4 is 0 Å². The Hall–Kier alpha value is -1.51.